The summed E-state index contributed by atoms with van der Waals surface area (Å²) in [6.07, 6.45) is 1.80. The first-order valence-electron chi connectivity index (χ1n) is 5.47. The van der Waals surface area contributed by atoms with Crippen LogP contribution < -0.4 is 0 Å². The molecule has 88 valence electrons. The maximum atomic E-state index is 12.3. The molecule has 0 fully saturated rings. The molecular weight excluding hydrogens is 194 g/mol. The van der Waals surface area contributed by atoms with Crippen molar-refractivity contribution in [2.24, 2.45) is 11.8 Å². The third-order valence-electron chi connectivity index (χ3n) is 2.08. The Hall–Kier alpha value is -0.660. The van der Waals surface area contributed by atoms with Crippen molar-refractivity contribution in [1.29, 1.82) is 0 Å². The molecule has 2 heteroatoms. The Bertz CT molecular complexity index is 233. The molecule has 0 bridgehead atoms. The number of rotatable bonds is 5. The van der Waals surface area contributed by atoms with Crippen molar-refractivity contribution in [1.82, 2.24) is 0 Å². The van der Waals surface area contributed by atoms with Gasteiger partial charge >= 0.3 is 0 Å². The fourth-order valence-electron chi connectivity index (χ4n) is 1.48. The minimum absolute atomic E-state index is 0.0532. The molecule has 0 saturated heterocycles. The van der Waals surface area contributed by atoms with E-state index in [2.05, 4.69) is 19.9 Å². The van der Waals surface area contributed by atoms with Crippen LogP contribution in [0.2, 0.25) is 0 Å². The summed E-state index contributed by atoms with van der Waals surface area (Å²) in [6.45, 7) is 9.97. The van der Waals surface area contributed by atoms with Crippen LogP contribution in [0.5, 0.6) is 0 Å². The van der Waals surface area contributed by atoms with Crippen LogP contribution in [0.4, 0.5) is 8.78 Å². The Morgan fingerprint density at radius 2 is 1.67 bits per heavy atom. The van der Waals surface area contributed by atoms with E-state index in [0.717, 1.165) is 11.1 Å². The van der Waals surface area contributed by atoms with Crippen LogP contribution in [-0.4, -0.2) is 6.43 Å². The maximum Gasteiger partial charge on any atom is 0.239 e. The topological polar surface area (TPSA) is 0 Å². The van der Waals surface area contributed by atoms with Crippen LogP contribution in [0.3, 0.4) is 0 Å². The zero-order chi connectivity index (χ0) is 12.0. The van der Waals surface area contributed by atoms with Crippen LogP contribution in [0.25, 0.3) is 0 Å². The Morgan fingerprint density at radius 3 is 2.00 bits per heavy atom. The summed E-state index contributed by atoms with van der Waals surface area (Å²) in [4.78, 5) is 0. The number of hydrogen-bond acceptors (Lipinski definition) is 0. The zero-order valence-corrected chi connectivity index (χ0v) is 10.3. The van der Waals surface area contributed by atoms with Gasteiger partial charge in [-0.3, -0.25) is 0 Å². The van der Waals surface area contributed by atoms with Gasteiger partial charge in [0.05, 0.1) is 0 Å². The lowest BCUT2D eigenvalue weighted by molar-refractivity contribution is 0.124. The smallest absolute Gasteiger partial charge is 0.211 e. The van der Waals surface area contributed by atoms with E-state index in [4.69, 9.17) is 0 Å². The van der Waals surface area contributed by atoms with Gasteiger partial charge in [0, 0.05) is 6.42 Å². The lowest BCUT2D eigenvalue weighted by Gasteiger charge is -2.14. The van der Waals surface area contributed by atoms with Crippen LogP contribution in [0.1, 0.15) is 41.0 Å². The van der Waals surface area contributed by atoms with E-state index in [1.165, 1.54) is 0 Å². The highest BCUT2D eigenvalue weighted by Crippen LogP contribution is 2.22. The van der Waals surface area contributed by atoms with E-state index in [0.29, 0.717) is 5.92 Å². The van der Waals surface area contributed by atoms with Gasteiger partial charge in [-0.1, -0.05) is 38.5 Å². The third-order valence-corrected chi connectivity index (χ3v) is 2.08. The van der Waals surface area contributed by atoms with Crippen LogP contribution in [-0.2, 0) is 0 Å². The van der Waals surface area contributed by atoms with Gasteiger partial charge in [-0.25, -0.2) is 8.78 Å². The average Bonchev–Trinajstić information content (AvgIpc) is 1.99. The van der Waals surface area contributed by atoms with Crippen LogP contribution in [0, 0.1) is 11.8 Å². The van der Waals surface area contributed by atoms with Crippen molar-refractivity contribution in [3.8, 4) is 0 Å². The molecular formula is C13H22F2. The van der Waals surface area contributed by atoms with Gasteiger partial charge < -0.3 is 0 Å². The van der Waals surface area contributed by atoms with E-state index in [9.17, 15) is 8.78 Å². The molecule has 0 aliphatic carbocycles. The molecule has 0 aromatic heterocycles. The molecule has 0 saturated carbocycles. The molecule has 0 aromatic rings. The molecule has 0 rings (SSSR count). The second-order valence-corrected chi connectivity index (χ2v) is 4.66. The van der Waals surface area contributed by atoms with Gasteiger partial charge in [-0.15, -0.1) is 0 Å². The van der Waals surface area contributed by atoms with Crippen LogP contribution in [0.15, 0.2) is 23.3 Å². The summed E-state index contributed by atoms with van der Waals surface area (Å²) in [7, 11) is 0. The van der Waals surface area contributed by atoms with Crippen molar-refractivity contribution in [2.75, 3.05) is 0 Å². The van der Waals surface area contributed by atoms with Gasteiger partial charge in [-0.2, -0.15) is 0 Å². The van der Waals surface area contributed by atoms with E-state index >= 15 is 0 Å². The molecule has 1 atom stereocenters. The van der Waals surface area contributed by atoms with Gasteiger partial charge in [0.2, 0.25) is 6.43 Å². The first-order chi connectivity index (χ1) is 6.82. The predicted molar refractivity (Wildman–Crippen MR) is 62.1 cm³/mol. The normalized spacial score (nSPS) is 14.6. The van der Waals surface area contributed by atoms with E-state index < -0.39 is 6.43 Å². The largest absolute Gasteiger partial charge is 0.239 e. The molecule has 0 aliphatic heterocycles. The number of halogens is 2. The van der Waals surface area contributed by atoms with Crippen molar-refractivity contribution in [2.45, 2.75) is 47.5 Å². The molecule has 0 aliphatic rings. The highest BCUT2D eigenvalue weighted by atomic mass is 19.3. The van der Waals surface area contributed by atoms with E-state index in [1.807, 2.05) is 26.8 Å². The van der Waals surface area contributed by atoms with Gasteiger partial charge in [0.1, 0.15) is 0 Å². The van der Waals surface area contributed by atoms with Gasteiger partial charge in [-0.05, 0) is 31.3 Å². The molecule has 0 nitrogen and oxygen atoms in total. The highest BCUT2D eigenvalue weighted by Gasteiger charge is 2.13. The summed E-state index contributed by atoms with van der Waals surface area (Å²) in [5.41, 5.74) is 2.19. The standard InChI is InChI=1S/C13H22F2/c1-9(2)6-12(7-10(3)4)11(5)8-13(14)15/h6-7,9,11,13H,8H2,1-5H3/b12-6+. The first-order valence-corrected chi connectivity index (χ1v) is 5.47. The zero-order valence-electron chi connectivity index (χ0n) is 10.3. The molecule has 0 spiro atoms. The summed E-state index contributed by atoms with van der Waals surface area (Å²) in [6, 6.07) is 0. The quantitative estimate of drug-likeness (QED) is 0.578. The Kier molecular flexibility index (Phi) is 6.46. The van der Waals surface area contributed by atoms with Crippen molar-refractivity contribution >= 4 is 0 Å². The summed E-state index contributed by atoms with van der Waals surface area (Å²) in [5, 5.41) is 0. The minimum Gasteiger partial charge on any atom is -0.211 e. The maximum absolute atomic E-state index is 12.3. The molecule has 0 amide bonds. The fourth-order valence-corrected chi connectivity index (χ4v) is 1.48. The van der Waals surface area contributed by atoms with Crippen molar-refractivity contribution < 1.29 is 8.78 Å². The number of allylic oxidation sites excluding steroid dienone is 4. The Labute approximate surface area is 92.1 Å². The molecule has 0 radical (unpaired) electrons. The lowest BCUT2D eigenvalue weighted by Crippen LogP contribution is -2.05. The fraction of sp³-hybridized carbons (Fsp3) is 0.692. The van der Waals surface area contributed by atoms with E-state index in [1.54, 1.807) is 0 Å². The molecule has 0 heterocycles. The minimum atomic E-state index is -2.22. The number of hydrogen-bond donors (Lipinski definition) is 0. The molecule has 15 heavy (non-hydrogen) atoms. The van der Waals surface area contributed by atoms with Crippen molar-refractivity contribution in [3.05, 3.63) is 23.3 Å². The molecule has 0 N–H and O–H groups in total. The monoisotopic (exact) mass is 216 g/mol. The first kappa shape index (κ1) is 14.3. The lowest BCUT2D eigenvalue weighted by atomic mass is 9.93. The van der Waals surface area contributed by atoms with Gasteiger partial charge in [0.25, 0.3) is 0 Å². The second-order valence-electron chi connectivity index (χ2n) is 4.66. The second kappa shape index (κ2) is 6.76. The molecule has 1 unspecified atom stereocenters. The highest BCUT2D eigenvalue weighted by molar-refractivity contribution is 5.24. The predicted octanol–water partition coefficient (Wildman–Crippen LogP) is 4.83. The van der Waals surface area contributed by atoms with Crippen LogP contribution >= 0.6 is 0 Å². The average molecular weight is 216 g/mol. The summed E-state index contributed by atoms with van der Waals surface area (Å²) in [5.74, 6) is 0.332. The van der Waals surface area contributed by atoms with Crippen molar-refractivity contribution in [3.63, 3.8) is 0 Å². The molecule has 0 aromatic carbocycles. The van der Waals surface area contributed by atoms with Gasteiger partial charge in [0.15, 0.2) is 0 Å². The summed E-state index contributed by atoms with van der Waals surface area (Å²) < 4.78 is 24.5. The van der Waals surface area contributed by atoms with E-state index in [-0.39, 0.29) is 12.3 Å². The Morgan fingerprint density at radius 1 is 1.13 bits per heavy atom. The summed E-state index contributed by atoms with van der Waals surface area (Å²) >= 11 is 0. The SMILES string of the molecule is CC(C)=C/C(=C\C(C)C)C(C)CC(F)F. The third kappa shape index (κ3) is 7.29. The number of alkyl halides is 2. The Balaban J connectivity index is 4.71.